The molecule has 2 rings (SSSR count). The molecule has 0 aliphatic rings. The molecule has 94 valence electrons. The van der Waals surface area contributed by atoms with Gasteiger partial charge < -0.3 is 5.32 Å². The average molecular weight is 308 g/mol. The molecule has 0 aliphatic heterocycles. The van der Waals surface area contributed by atoms with Crippen molar-refractivity contribution in [2.24, 2.45) is 0 Å². The van der Waals surface area contributed by atoms with E-state index >= 15 is 0 Å². The Morgan fingerprint density at radius 2 is 1.67 bits per heavy atom. The molecule has 0 bridgehead atoms. The van der Waals surface area contributed by atoms with E-state index in [9.17, 15) is 4.39 Å². The Kier molecular flexibility index (Phi) is 4.15. The zero-order chi connectivity index (χ0) is 13.1. The van der Waals surface area contributed by atoms with E-state index in [0.29, 0.717) is 5.56 Å². The van der Waals surface area contributed by atoms with Crippen molar-refractivity contribution in [3.8, 4) is 0 Å². The van der Waals surface area contributed by atoms with E-state index in [1.165, 1.54) is 6.07 Å². The summed E-state index contributed by atoms with van der Waals surface area (Å²) >= 11 is 3.42. The molecule has 1 unspecified atom stereocenters. The highest BCUT2D eigenvalue weighted by molar-refractivity contribution is 9.10. The lowest BCUT2D eigenvalue weighted by molar-refractivity contribution is 0.614. The highest BCUT2D eigenvalue weighted by atomic mass is 79.9. The highest BCUT2D eigenvalue weighted by Crippen LogP contribution is 2.24. The summed E-state index contributed by atoms with van der Waals surface area (Å²) < 4.78 is 14.3. The summed E-state index contributed by atoms with van der Waals surface area (Å²) in [4.78, 5) is 0. The summed E-state index contributed by atoms with van der Waals surface area (Å²) in [6, 6.07) is 13.5. The van der Waals surface area contributed by atoms with Crippen LogP contribution in [0, 0.1) is 12.7 Å². The van der Waals surface area contributed by atoms with Gasteiger partial charge in [0.05, 0.1) is 6.04 Å². The van der Waals surface area contributed by atoms with Gasteiger partial charge >= 0.3 is 0 Å². The first-order chi connectivity index (χ1) is 8.61. The van der Waals surface area contributed by atoms with E-state index < -0.39 is 0 Å². The third kappa shape index (κ3) is 2.79. The van der Waals surface area contributed by atoms with Gasteiger partial charge in [-0.05, 0) is 48.9 Å². The van der Waals surface area contributed by atoms with E-state index in [2.05, 4.69) is 33.4 Å². The van der Waals surface area contributed by atoms with Crippen molar-refractivity contribution in [3.63, 3.8) is 0 Å². The maximum absolute atomic E-state index is 13.3. The number of rotatable bonds is 3. The fraction of sp³-hybridized carbons (Fsp3) is 0.200. The molecule has 0 radical (unpaired) electrons. The van der Waals surface area contributed by atoms with Gasteiger partial charge in [0.2, 0.25) is 0 Å². The van der Waals surface area contributed by atoms with Gasteiger partial charge in [-0.1, -0.05) is 40.2 Å². The lowest BCUT2D eigenvalue weighted by atomic mass is 9.97. The molecule has 1 N–H and O–H groups in total. The second-order valence-corrected chi connectivity index (χ2v) is 5.20. The van der Waals surface area contributed by atoms with Crippen LogP contribution in [0.3, 0.4) is 0 Å². The van der Waals surface area contributed by atoms with Crippen molar-refractivity contribution in [1.29, 1.82) is 0 Å². The van der Waals surface area contributed by atoms with Gasteiger partial charge in [-0.25, -0.2) is 4.39 Å². The summed E-state index contributed by atoms with van der Waals surface area (Å²) in [5, 5.41) is 3.26. The zero-order valence-corrected chi connectivity index (χ0v) is 12.0. The molecule has 2 aromatic carbocycles. The van der Waals surface area contributed by atoms with Crippen LogP contribution >= 0.6 is 15.9 Å². The Labute approximate surface area is 115 Å². The molecule has 2 aromatic rings. The number of halogens is 2. The number of benzene rings is 2. The molecule has 0 amide bonds. The minimum atomic E-state index is -0.163. The van der Waals surface area contributed by atoms with E-state index in [0.717, 1.165) is 15.6 Å². The van der Waals surface area contributed by atoms with Crippen molar-refractivity contribution in [2.75, 3.05) is 7.05 Å². The maximum Gasteiger partial charge on any atom is 0.126 e. The standard InChI is InChI=1S/C15H15BrFN/c1-10-9-12(5-8-14(10)17)15(18-2)11-3-6-13(16)7-4-11/h3-9,15,18H,1-2H3. The first kappa shape index (κ1) is 13.2. The van der Waals surface area contributed by atoms with E-state index in [1.807, 2.05) is 31.3 Å². The van der Waals surface area contributed by atoms with Crippen molar-refractivity contribution >= 4 is 15.9 Å². The second kappa shape index (κ2) is 5.63. The molecular weight excluding hydrogens is 293 g/mol. The number of nitrogens with one attached hydrogen (secondary N) is 1. The van der Waals surface area contributed by atoms with Gasteiger partial charge in [0.15, 0.2) is 0 Å². The SMILES string of the molecule is CNC(c1ccc(Br)cc1)c1ccc(F)c(C)c1. The van der Waals surface area contributed by atoms with E-state index in [1.54, 1.807) is 6.92 Å². The summed E-state index contributed by atoms with van der Waals surface area (Å²) in [6.07, 6.45) is 0. The molecule has 0 fully saturated rings. The van der Waals surface area contributed by atoms with Crippen LogP contribution in [0.1, 0.15) is 22.7 Å². The van der Waals surface area contributed by atoms with Crippen LogP contribution in [0.25, 0.3) is 0 Å². The lowest BCUT2D eigenvalue weighted by Crippen LogP contribution is -2.17. The molecule has 0 spiro atoms. The van der Waals surface area contributed by atoms with Crippen LogP contribution in [0.5, 0.6) is 0 Å². The summed E-state index contributed by atoms with van der Waals surface area (Å²) in [6.45, 7) is 1.78. The first-order valence-corrected chi connectivity index (χ1v) is 6.60. The molecular formula is C15H15BrFN. The first-order valence-electron chi connectivity index (χ1n) is 5.80. The van der Waals surface area contributed by atoms with Gasteiger partial charge in [-0.15, -0.1) is 0 Å². The van der Waals surface area contributed by atoms with Crippen molar-refractivity contribution in [2.45, 2.75) is 13.0 Å². The van der Waals surface area contributed by atoms with Crippen molar-refractivity contribution < 1.29 is 4.39 Å². The van der Waals surface area contributed by atoms with E-state index in [4.69, 9.17) is 0 Å². The third-order valence-corrected chi connectivity index (χ3v) is 3.54. The normalized spacial score (nSPS) is 12.4. The molecule has 0 saturated heterocycles. The predicted molar refractivity (Wildman–Crippen MR) is 76.2 cm³/mol. The van der Waals surface area contributed by atoms with E-state index in [-0.39, 0.29) is 11.9 Å². The topological polar surface area (TPSA) is 12.0 Å². The molecule has 3 heteroatoms. The average Bonchev–Trinajstić information content (AvgIpc) is 2.37. The Morgan fingerprint density at radius 1 is 1.06 bits per heavy atom. The Balaban J connectivity index is 2.38. The molecule has 0 heterocycles. The van der Waals surface area contributed by atoms with Crippen LogP contribution in [0.2, 0.25) is 0 Å². The van der Waals surface area contributed by atoms with Gasteiger partial charge in [0.25, 0.3) is 0 Å². The predicted octanol–water partition coefficient (Wildman–Crippen LogP) is 4.21. The fourth-order valence-electron chi connectivity index (χ4n) is 2.03. The minimum Gasteiger partial charge on any atom is -0.309 e. The minimum absolute atomic E-state index is 0.0809. The number of hydrogen-bond acceptors (Lipinski definition) is 1. The molecule has 1 atom stereocenters. The van der Waals surface area contributed by atoms with Gasteiger partial charge in [-0.3, -0.25) is 0 Å². The summed E-state index contributed by atoms with van der Waals surface area (Å²) in [7, 11) is 1.91. The molecule has 0 saturated carbocycles. The molecule has 0 aliphatic carbocycles. The van der Waals surface area contributed by atoms with Crippen molar-refractivity contribution in [3.05, 3.63) is 69.4 Å². The number of hydrogen-bond donors (Lipinski definition) is 1. The molecule has 1 nitrogen and oxygen atoms in total. The Bertz CT molecular complexity index is 537. The number of aryl methyl sites for hydroxylation is 1. The summed E-state index contributed by atoms with van der Waals surface area (Å²) in [5.41, 5.74) is 2.90. The van der Waals surface area contributed by atoms with Crippen LogP contribution in [-0.2, 0) is 0 Å². The van der Waals surface area contributed by atoms with Crippen LogP contribution in [0.4, 0.5) is 4.39 Å². The van der Waals surface area contributed by atoms with Crippen LogP contribution < -0.4 is 5.32 Å². The van der Waals surface area contributed by atoms with Crippen LogP contribution in [0.15, 0.2) is 46.9 Å². The molecule has 18 heavy (non-hydrogen) atoms. The smallest absolute Gasteiger partial charge is 0.126 e. The Morgan fingerprint density at radius 3 is 2.22 bits per heavy atom. The van der Waals surface area contributed by atoms with Gasteiger partial charge in [-0.2, -0.15) is 0 Å². The molecule has 0 aromatic heterocycles. The van der Waals surface area contributed by atoms with Gasteiger partial charge in [0.1, 0.15) is 5.82 Å². The zero-order valence-electron chi connectivity index (χ0n) is 10.4. The maximum atomic E-state index is 13.3. The monoisotopic (exact) mass is 307 g/mol. The highest BCUT2D eigenvalue weighted by Gasteiger charge is 2.12. The van der Waals surface area contributed by atoms with Crippen LogP contribution in [-0.4, -0.2) is 7.05 Å². The summed E-state index contributed by atoms with van der Waals surface area (Å²) in [5.74, 6) is -0.163. The third-order valence-electron chi connectivity index (χ3n) is 3.01. The lowest BCUT2D eigenvalue weighted by Gasteiger charge is -2.18. The van der Waals surface area contributed by atoms with Crippen molar-refractivity contribution in [1.82, 2.24) is 5.32 Å². The second-order valence-electron chi connectivity index (χ2n) is 4.28. The fourth-order valence-corrected chi connectivity index (χ4v) is 2.29. The Hall–Kier alpha value is -1.19. The quantitative estimate of drug-likeness (QED) is 0.896. The largest absolute Gasteiger partial charge is 0.309 e. The van der Waals surface area contributed by atoms with Gasteiger partial charge in [0, 0.05) is 4.47 Å².